The minimum atomic E-state index is -0.399. The van der Waals surface area contributed by atoms with E-state index in [4.69, 9.17) is 18.9 Å². The van der Waals surface area contributed by atoms with Crippen LogP contribution < -0.4 is 14.2 Å². The Kier molecular flexibility index (Phi) is 4.75. The molecule has 0 fully saturated rings. The molecule has 5 nitrogen and oxygen atoms in total. The van der Waals surface area contributed by atoms with Crippen LogP contribution in [0.3, 0.4) is 0 Å². The fourth-order valence-electron chi connectivity index (χ4n) is 2.50. The summed E-state index contributed by atoms with van der Waals surface area (Å²) in [5.41, 5.74) is 2.04. The Labute approximate surface area is 146 Å². The van der Waals surface area contributed by atoms with Gasteiger partial charge in [0.15, 0.2) is 0 Å². The first-order valence-corrected chi connectivity index (χ1v) is 7.66. The van der Waals surface area contributed by atoms with Crippen LogP contribution in [-0.4, -0.2) is 27.3 Å². The molecule has 0 N–H and O–H groups in total. The van der Waals surface area contributed by atoms with Gasteiger partial charge in [-0.1, -0.05) is 12.1 Å². The van der Waals surface area contributed by atoms with E-state index in [1.165, 1.54) is 0 Å². The predicted octanol–water partition coefficient (Wildman–Crippen LogP) is 3.69. The molecule has 2 aromatic carbocycles. The molecule has 0 amide bonds. The molecular weight excluding hydrogens is 320 g/mol. The fourth-order valence-corrected chi connectivity index (χ4v) is 2.50. The Bertz CT molecular complexity index is 847. The molecule has 1 aliphatic rings. The van der Waals surface area contributed by atoms with Crippen LogP contribution in [0.2, 0.25) is 0 Å². The lowest BCUT2D eigenvalue weighted by Crippen LogP contribution is -1.98. The summed E-state index contributed by atoms with van der Waals surface area (Å²) in [7, 11) is 4.75. The van der Waals surface area contributed by atoms with Gasteiger partial charge in [0.1, 0.15) is 23.0 Å². The van der Waals surface area contributed by atoms with Crippen LogP contribution in [0, 0.1) is 0 Å². The molecule has 0 saturated carbocycles. The van der Waals surface area contributed by atoms with E-state index in [-0.39, 0.29) is 0 Å². The first kappa shape index (κ1) is 16.6. The number of methoxy groups -OCH3 is 3. The number of benzene rings is 2. The SMILES string of the molecule is COc1ccc(/C=C2/C=C(c3ccc(OC)cc3OC)OC2=O)cc1. The van der Waals surface area contributed by atoms with Crippen LogP contribution in [0.1, 0.15) is 11.1 Å². The van der Waals surface area contributed by atoms with Gasteiger partial charge < -0.3 is 18.9 Å². The quantitative estimate of drug-likeness (QED) is 0.615. The highest BCUT2D eigenvalue weighted by Gasteiger charge is 2.24. The smallest absolute Gasteiger partial charge is 0.343 e. The second-order valence-corrected chi connectivity index (χ2v) is 5.34. The first-order chi connectivity index (χ1) is 12.1. The largest absolute Gasteiger partial charge is 0.497 e. The van der Waals surface area contributed by atoms with Gasteiger partial charge in [-0.05, 0) is 42.0 Å². The molecule has 1 aliphatic heterocycles. The summed E-state index contributed by atoms with van der Waals surface area (Å²) in [5, 5.41) is 0. The summed E-state index contributed by atoms with van der Waals surface area (Å²) >= 11 is 0. The highest BCUT2D eigenvalue weighted by Crippen LogP contribution is 2.35. The first-order valence-electron chi connectivity index (χ1n) is 7.66. The molecule has 2 aromatic rings. The Balaban J connectivity index is 1.93. The fraction of sp³-hybridized carbons (Fsp3) is 0.150. The normalized spacial score (nSPS) is 14.9. The zero-order valence-corrected chi connectivity index (χ0v) is 14.2. The molecule has 0 unspecified atom stereocenters. The number of ether oxygens (including phenoxy) is 4. The number of hydrogen-bond acceptors (Lipinski definition) is 5. The number of rotatable bonds is 5. The van der Waals surface area contributed by atoms with Gasteiger partial charge in [-0.3, -0.25) is 0 Å². The molecule has 0 atom stereocenters. The maximum absolute atomic E-state index is 12.2. The van der Waals surface area contributed by atoms with Gasteiger partial charge in [-0.2, -0.15) is 0 Å². The van der Waals surface area contributed by atoms with E-state index in [2.05, 4.69) is 0 Å². The number of cyclic esters (lactones) is 1. The van der Waals surface area contributed by atoms with Crippen LogP contribution in [0.15, 0.2) is 54.1 Å². The monoisotopic (exact) mass is 338 g/mol. The highest BCUT2D eigenvalue weighted by molar-refractivity contribution is 6.05. The summed E-state index contributed by atoms with van der Waals surface area (Å²) in [5.74, 6) is 2.05. The Hall–Kier alpha value is -3.21. The maximum atomic E-state index is 12.2. The second kappa shape index (κ2) is 7.13. The average Bonchev–Trinajstić information content (AvgIpc) is 3.02. The minimum absolute atomic E-state index is 0.399. The summed E-state index contributed by atoms with van der Waals surface area (Å²) in [6, 6.07) is 12.8. The van der Waals surface area contributed by atoms with E-state index in [9.17, 15) is 4.79 Å². The maximum Gasteiger partial charge on any atom is 0.343 e. The molecule has 3 rings (SSSR count). The van der Waals surface area contributed by atoms with Gasteiger partial charge in [-0.15, -0.1) is 0 Å². The van der Waals surface area contributed by atoms with Crippen molar-refractivity contribution >= 4 is 17.8 Å². The van der Waals surface area contributed by atoms with Crippen LogP contribution in [-0.2, 0) is 9.53 Å². The van der Waals surface area contributed by atoms with Crippen molar-refractivity contribution in [3.05, 3.63) is 65.2 Å². The van der Waals surface area contributed by atoms with Gasteiger partial charge in [-0.25, -0.2) is 4.79 Å². The Morgan fingerprint density at radius 2 is 1.56 bits per heavy atom. The lowest BCUT2D eigenvalue weighted by atomic mass is 10.1. The van der Waals surface area contributed by atoms with Crippen LogP contribution in [0.4, 0.5) is 0 Å². The van der Waals surface area contributed by atoms with E-state index in [0.717, 1.165) is 11.3 Å². The molecule has 128 valence electrons. The molecule has 0 radical (unpaired) electrons. The third-order valence-electron chi connectivity index (χ3n) is 3.84. The van der Waals surface area contributed by atoms with Gasteiger partial charge in [0.05, 0.1) is 32.5 Å². The van der Waals surface area contributed by atoms with Crippen LogP contribution in [0.25, 0.3) is 11.8 Å². The van der Waals surface area contributed by atoms with Gasteiger partial charge in [0.2, 0.25) is 0 Å². The predicted molar refractivity (Wildman–Crippen MR) is 94.6 cm³/mol. The van der Waals surface area contributed by atoms with Crippen molar-refractivity contribution in [2.75, 3.05) is 21.3 Å². The van der Waals surface area contributed by atoms with Crippen molar-refractivity contribution in [1.29, 1.82) is 0 Å². The van der Waals surface area contributed by atoms with Crippen molar-refractivity contribution in [3.63, 3.8) is 0 Å². The number of esters is 1. The van der Waals surface area contributed by atoms with Gasteiger partial charge in [0, 0.05) is 6.07 Å². The molecule has 0 bridgehead atoms. The third-order valence-corrected chi connectivity index (χ3v) is 3.84. The highest BCUT2D eigenvalue weighted by atomic mass is 16.5. The second-order valence-electron chi connectivity index (χ2n) is 5.34. The molecule has 1 heterocycles. The van der Waals surface area contributed by atoms with Crippen molar-refractivity contribution in [2.24, 2.45) is 0 Å². The lowest BCUT2D eigenvalue weighted by molar-refractivity contribution is -0.130. The van der Waals surface area contributed by atoms with Crippen molar-refractivity contribution < 1.29 is 23.7 Å². The molecule has 5 heteroatoms. The third kappa shape index (κ3) is 3.50. The van der Waals surface area contributed by atoms with E-state index < -0.39 is 5.97 Å². The Morgan fingerprint density at radius 3 is 2.20 bits per heavy atom. The van der Waals surface area contributed by atoms with E-state index in [1.807, 2.05) is 24.3 Å². The standard InChI is InChI=1S/C20H18O5/c1-22-15-6-4-13(5-7-15)10-14-11-19(25-20(14)21)17-9-8-16(23-2)12-18(17)24-3/h4-12H,1-3H3/b14-10-. The molecule has 0 aromatic heterocycles. The zero-order valence-electron chi connectivity index (χ0n) is 14.2. The molecule has 0 spiro atoms. The van der Waals surface area contributed by atoms with Crippen molar-refractivity contribution in [2.45, 2.75) is 0 Å². The minimum Gasteiger partial charge on any atom is -0.497 e. The summed E-state index contributed by atoms with van der Waals surface area (Å²) < 4.78 is 21.1. The molecular formula is C20H18O5. The number of carbonyl (C=O) groups is 1. The topological polar surface area (TPSA) is 54.0 Å². The van der Waals surface area contributed by atoms with E-state index in [1.54, 1.807) is 51.7 Å². The van der Waals surface area contributed by atoms with Gasteiger partial charge >= 0.3 is 5.97 Å². The summed E-state index contributed by atoms with van der Waals surface area (Å²) in [4.78, 5) is 12.2. The van der Waals surface area contributed by atoms with E-state index in [0.29, 0.717) is 28.4 Å². The number of carbonyl (C=O) groups excluding carboxylic acids is 1. The molecule has 0 aliphatic carbocycles. The molecule has 25 heavy (non-hydrogen) atoms. The van der Waals surface area contributed by atoms with Crippen molar-refractivity contribution in [3.8, 4) is 17.2 Å². The van der Waals surface area contributed by atoms with Crippen LogP contribution >= 0.6 is 0 Å². The average molecular weight is 338 g/mol. The van der Waals surface area contributed by atoms with E-state index >= 15 is 0 Å². The summed E-state index contributed by atoms with van der Waals surface area (Å²) in [6.07, 6.45) is 3.47. The molecule has 0 saturated heterocycles. The van der Waals surface area contributed by atoms with Gasteiger partial charge in [0.25, 0.3) is 0 Å². The lowest BCUT2D eigenvalue weighted by Gasteiger charge is -2.10. The zero-order chi connectivity index (χ0) is 17.8. The Morgan fingerprint density at radius 1 is 0.880 bits per heavy atom. The van der Waals surface area contributed by atoms with Crippen molar-refractivity contribution in [1.82, 2.24) is 0 Å². The summed E-state index contributed by atoms with van der Waals surface area (Å²) in [6.45, 7) is 0. The van der Waals surface area contributed by atoms with Crippen LogP contribution in [0.5, 0.6) is 17.2 Å². The number of hydrogen-bond donors (Lipinski definition) is 0.